The average Bonchev–Trinajstić information content (AvgIpc) is 2.48. The van der Waals surface area contributed by atoms with E-state index < -0.39 is 51.6 Å². The first-order chi connectivity index (χ1) is 13.4. The van der Waals surface area contributed by atoms with E-state index in [9.17, 15) is 22.8 Å². The van der Waals surface area contributed by atoms with Gasteiger partial charge in [0.2, 0.25) is 0 Å². The van der Waals surface area contributed by atoms with Crippen LogP contribution < -0.4 is 5.73 Å². The Morgan fingerprint density at radius 3 is 1.93 bits per heavy atom. The molecule has 1 heterocycles. The molecule has 0 fully saturated rings. The predicted molar refractivity (Wildman–Crippen MR) is 109 cm³/mol. The standard InChI is InChI=1S/C20H22BrF3N2O4/c1-18(2,3)29-16(27)10-8-7-9-11(12(10)17(28)30-19(4,5)6)13(20(22,23)24)15(25)26-14(9)21/h7-8H,1-6H3,(H2,25,26). The first-order valence-corrected chi connectivity index (χ1v) is 9.67. The number of anilines is 1. The van der Waals surface area contributed by atoms with Gasteiger partial charge in [0.25, 0.3) is 0 Å². The third-order valence-corrected chi connectivity index (χ3v) is 4.26. The van der Waals surface area contributed by atoms with Gasteiger partial charge in [-0.05, 0) is 63.5 Å². The van der Waals surface area contributed by atoms with E-state index in [0.29, 0.717) is 0 Å². The molecular weight excluding hydrogens is 469 g/mol. The molecule has 0 aliphatic rings. The highest BCUT2D eigenvalue weighted by Gasteiger charge is 2.40. The number of halogens is 4. The number of ether oxygens (including phenoxy) is 2. The van der Waals surface area contributed by atoms with Crippen LogP contribution in [-0.4, -0.2) is 28.1 Å². The van der Waals surface area contributed by atoms with Crippen LogP contribution in [0.4, 0.5) is 19.0 Å². The molecule has 1 aromatic carbocycles. The number of nitrogen functional groups attached to an aromatic ring is 1. The number of hydrogen-bond acceptors (Lipinski definition) is 6. The fraction of sp³-hybridized carbons (Fsp3) is 0.450. The third-order valence-electron chi connectivity index (χ3n) is 3.66. The van der Waals surface area contributed by atoms with Gasteiger partial charge in [-0.3, -0.25) is 0 Å². The molecule has 164 valence electrons. The SMILES string of the molecule is CC(C)(C)OC(=O)c1ccc2c(Br)nc(N)c(C(F)(F)F)c2c1C(=O)OC(C)(C)C. The number of nitrogens with zero attached hydrogens (tertiary/aromatic N) is 1. The maximum Gasteiger partial charge on any atom is 0.420 e. The molecule has 2 N–H and O–H groups in total. The number of hydrogen-bond donors (Lipinski definition) is 1. The van der Waals surface area contributed by atoms with Crippen LogP contribution in [-0.2, 0) is 15.7 Å². The van der Waals surface area contributed by atoms with E-state index in [4.69, 9.17) is 15.2 Å². The van der Waals surface area contributed by atoms with Crippen LogP contribution in [0.5, 0.6) is 0 Å². The van der Waals surface area contributed by atoms with Gasteiger partial charge in [-0.1, -0.05) is 6.07 Å². The first-order valence-electron chi connectivity index (χ1n) is 8.88. The number of carbonyl (C=O) groups excluding carboxylic acids is 2. The Labute approximate surface area is 180 Å². The lowest BCUT2D eigenvalue weighted by molar-refractivity contribution is -0.135. The maximum absolute atomic E-state index is 13.9. The molecule has 0 aliphatic heterocycles. The minimum Gasteiger partial charge on any atom is -0.456 e. The Morgan fingerprint density at radius 1 is 0.967 bits per heavy atom. The van der Waals surface area contributed by atoms with E-state index in [-0.39, 0.29) is 15.6 Å². The molecular formula is C20H22BrF3N2O4. The number of alkyl halides is 3. The van der Waals surface area contributed by atoms with Crippen molar-refractivity contribution in [2.45, 2.75) is 58.9 Å². The van der Waals surface area contributed by atoms with Gasteiger partial charge in [0.05, 0.1) is 11.1 Å². The van der Waals surface area contributed by atoms with E-state index in [2.05, 4.69) is 20.9 Å². The Morgan fingerprint density at radius 2 is 1.47 bits per heavy atom. The summed E-state index contributed by atoms with van der Waals surface area (Å²) in [5.41, 5.74) is 1.32. The van der Waals surface area contributed by atoms with E-state index in [1.54, 1.807) is 41.5 Å². The van der Waals surface area contributed by atoms with Crippen LogP contribution in [0.25, 0.3) is 10.8 Å². The second-order valence-electron chi connectivity index (χ2n) is 8.58. The molecule has 0 saturated carbocycles. The summed E-state index contributed by atoms with van der Waals surface area (Å²) >= 11 is 3.08. The highest BCUT2D eigenvalue weighted by Crippen LogP contribution is 2.43. The van der Waals surface area contributed by atoms with E-state index in [0.717, 1.165) is 0 Å². The lowest BCUT2D eigenvalue weighted by Crippen LogP contribution is -2.28. The van der Waals surface area contributed by atoms with Crippen LogP contribution >= 0.6 is 15.9 Å². The van der Waals surface area contributed by atoms with Gasteiger partial charge in [0.1, 0.15) is 27.2 Å². The minimum absolute atomic E-state index is 0.0106. The zero-order chi connectivity index (χ0) is 23.2. The highest BCUT2D eigenvalue weighted by molar-refractivity contribution is 9.10. The molecule has 0 atom stereocenters. The lowest BCUT2D eigenvalue weighted by Gasteiger charge is -2.24. The van der Waals surface area contributed by atoms with Crippen molar-refractivity contribution in [2.75, 3.05) is 5.73 Å². The van der Waals surface area contributed by atoms with Gasteiger partial charge < -0.3 is 15.2 Å². The van der Waals surface area contributed by atoms with Crippen molar-refractivity contribution in [3.63, 3.8) is 0 Å². The molecule has 0 saturated heterocycles. The number of rotatable bonds is 2. The molecule has 30 heavy (non-hydrogen) atoms. The number of benzene rings is 1. The smallest absolute Gasteiger partial charge is 0.420 e. The van der Waals surface area contributed by atoms with Crippen LogP contribution in [0.15, 0.2) is 16.7 Å². The van der Waals surface area contributed by atoms with Crippen molar-refractivity contribution in [1.82, 2.24) is 4.98 Å². The van der Waals surface area contributed by atoms with Crippen molar-refractivity contribution in [3.8, 4) is 0 Å². The summed E-state index contributed by atoms with van der Waals surface area (Å²) in [5, 5.41) is -0.635. The summed E-state index contributed by atoms with van der Waals surface area (Å²) in [4.78, 5) is 29.4. The molecule has 2 rings (SSSR count). The van der Waals surface area contributed by atoms with Gasteiger partial charge in [-0.15, -0.1) is 0 Å². The molecule has 0 spiro atoms. The second kappa shape index (κ2) is 7.72. The molecule has 0 bridgehead atoms. The summed E-state index contributed by atoms with van der Waals surface area (Å²) in [7, 11) is 0. The summed E-state index contributed by atoms with van der Waals surface area (Å²) in [6.45, 7) is 9.45. The Hall–Kier alpha value is -2.36. The normalized spacial score (nSPS) is 12.7. The quantitative estimate of drug-likeness (QED) is 0.440. The monoisotopic (exact) mass is 490 g/mol. The largest absolute Gasteiger partial charge is 0.456 e. The van der Waals surface area contributed by atoms with Crippen LogP contribution in [0.2, 0.25) is 0 Å². The first kappa shape index (κ1) is 23.9. The fourth-order valence-corrected chi connectivity index (χ4v) is 3.24. The van der Waals surface area contributed by atoms with Crippen LogP contribution in [0.1, 0.15) is 67.8 Å². The molecule has 1 aromatic heterocycles. The Balaban J connectivity index is 3.00. The summed E-state index contributed by atoms with van der Waals surface area (Å²) in [5.74, 6) is -2.92. The van der Waals surface area contributed by atoms with Crippen molar-refractivity contribution >= 4 is 44.5 Å². The van der Waals surface area contributed by atoms with E-state index in [1.807, 2.05) is 0 Å². The van der Waals surface area contributed by atoms with Crippen molar-refractivity contribution < 1.29 is 32.2 Å². The summed E-state index contributed by atoms with van der Waals surface area (Å²) in [6, 6.07) is 2.45. The number of nitrogens with two attached hydrogens (primary N) is 1. The molecule has 10 heteroatoms. The average molecular weight is 491 g/mol. The predicted octanol–water partition coefficient (Wildman–Crippen LogP) is 5.51. The number of pyridine rings is 1. The van der Waals surface area contributed by atoms with E-state index in [1.165, 1.54) is 12.1 Å². The second-order valence-corrected chi connectivity index (χ2v) is 9.33. The minimum atomic E-state index is -4.95. The van der Waals surface area contributed by atoms with Crippen molar-refractivity contribution in [1.29, 1.82) is 0 Å². The number of fused-ring (bicyclic) bond motifs is 1. The van der Waals surface area contributed by atoms with Gasteiger partial charge in [-0.25, -0.2) is 14.6 Å². The Bertz CT molecular complexity index is 1020. The topological polar surface area (TPSA) is 91.5 Å². The summed E-state index contributed by atoms with van der Waals surface area (Å²) in [6.07, 6.45) is -4.95. The van der Waals surface area contributed by atoms with Gasteiger partial charge in [0, 0.05) is 10.8 Å². The van der Waals surface area contributed by atoms with Gasteiger partial charge in [0.15, 0.2) is 0 Å². The zero-order valence-corrected chi connectivity index (χ0v) is 18.9. The Kier molecular flexibility index (Phi) is 6.15. The summed E-state index contributed by atoms with van der Waals surface area (Å²) < 4.78 is 52.3. The molecule has 0 radical (unpaired) electrons. The zero-order valence-electron chi connectivity index (χ0n) is 17.3. The maximum atomic E-state index is 13.9. The molecule has 0 amide bonds. The van der Waals surface area contributed by atoms with Gasteiger partial charge >= 0.3 is 18.1 Å². The highest BCUT2D eigenvalue weighted by atomic mass is 79.9. The van der Waals surface area contributed by atoms with E-state index >= 15 is 0 Å². The fourth-order valence-electron chi connectivity index (χ4n) is 2.72. The molecule has 0 aliphatic carbocycles. The van der Waals surface area contributed by atoms with Crippen molar-refractivity contribution in [3.05, 3.63) is 33.4 Å². The molecule has 6 nitrogen and oxygen atoms in total. The number of aromatic nitrogens is 1. The number of carbonyl (C=O) groups is 2. The molecule has 0 unspecified atom stereocenters. The van der Waals surface area contributed by atoms with Crippen LogP contribution in [0, 0.1) is 0 Å². The van der Waals surface area contributed by atoms with Crippen LogP contribution in [0.3, 0.4) is 0 Å². The van der Waals surface area contributed by atoms with Gasteiger partial charge in [-0.2, -0.15) is 13.2 Å². The lowest BCUT2D eigenvalue weighted by atomic mass is 9.95. The third kappa shape index (κ3) is 5.21. The van der Waals surface area contributed by atoms with Crippen molar-refractivity contribution in [2.24, 2.45) is 0 Å². The molecule has 2 aromatic rings. The number of esters is 2.